The lowest BCUT2D eigenvalue weighted by Gasteiger charge is -2.32. The predicted molar refractivity (Wildman–Crippen MR) is 80.9 cm³/mol. The lowest BCUT2D eigenvalue weighted by atomic mass is 9.92. The Hall–Kier alpha value is -1.55. The highest BCUT2D eigenvalue weighted by Crippen LogP contribution is 2.26. The molecule has 0 radical (unpaired) electrons. The Balaban J connectivity index is 2.09. The normalized spacial score (nSPS) is 22.3. The van der Waals surface area contributed by atoms with Crippen molar-refractivity contribution in [2.45, 2.75) is 44.2 Å². The first-order valence-electron chi connectivity index (χ1n) is 7.32. The van der Waals surface area contributed by atoms with Crippen LogP contribution in [0, 0.1) is 0 Å². The summed E-state index contributed by atoms with van der Waals surface area (Å²) in [6.07, 6.45) is 5.35. The van der Waals surface area contributed by atoms with Gasteiger partial charge in [0.25, 0.3) is 0 Å². The van der Waals surface area contributed by atoms with Crippen molar-refractivity contribution in [3.05, 3.63) is 29.8 Å². The molecule has 110 valence electrons. The van der Waals surface area contributed by atoms with E-state index in [1.807, 2.05) is 24.3 Å². The first-order valence-corrected chi connectivity index (χ1v) is 7.32. The summed E-state index contributed by atoms with van der Waals surface area (Å²) in [6, 6.07) is 8.35. The zero-order valence-corrected chi connectivity index (χ0v) is 12.3. The molecule has 1 aromatic rings. The number of amides is 1. The highest BCUT2D eigenvalue weighted by atomic mass is 16.5. The van der Waals surface area contributed by atoms with Gasteiger partial charge in [-0.05, 0) is 24.5 Å². The smallest absolute Gasteiger partial charge is 0.224 e. The van der Waals surface area contributed by atoms with Crippen LogP contribution in [0.4, 0.5) is 5.69 Å². The second kappa shape index (κ2) is 7.29. The van der Waals surface area contributed by atoms with Gasteiger partial charge in [0.2, 0.25) is 5.91 Å². The van der Waals surface area contributed by atoms with E-state index in [-0.39, 0.29) is 12.0 Å². The molecule has 1 aliphatic carbocycles. The van der Waals surface area contributed by atoms with Crippen LogP contribution in [0.3, 0.4) is 0 Å². The number of para-hydroxylation sites is 1. The molecular formula is C16H24N2O2. The molecule has 0 aromatic heterocycles. The van der Waals surface area contributed by atoms with E-state index in [1.54, 1.807) is 14.2 Å². The van der Waals surface area contributed by atoms with Crippen molar-refractivity contribution in [2.75, 3.05) is 19.5 Å². The molecule has 20 heavy (non-hydrogen) atoms. The number of hydrogen-bond acceptors (Lipinski definition) is 3. The maximum Gasteiger partial charge on any atom is 0.224 e. The predicted octanol–water partition coefficient (Wildman–Crippen LogP) is 2.34. The average molecular weight is 276 g/mol. The van der Waals surface area contributed by atoms with Crippen molar-refractivity contribution < 1.29 is 9.53 Å². The van der Waals surface area contributed by atoms with Gasteiger partial charge in [0.05, 0.1) is 18.6 Å². The Morgan fingerprint density at radius 1 is 1.30 bits per heavy atom. The van der Waals surface area contributed by atoms with Crippen LogP contribution < -0.4 is 10.6 Å². The van der Waals surface area contributed by atoms with E-state index in [4.69, 9.17) is 4.74 Å². The quantitative estimate of drug-likeness (QED) is 0.868. The van der Waals surface area contributed by atoms with Crippen LogP contribution in [0.25, 0.3) is 0 Å². The highest BCUT2D eigenvalue weighted by Gasteiger charge is 2.25. The van der Waals surface area contributed by atoms with Crippen molar-refractivity contribution in [1.29, 1.82) is 0 Å². The third-order valence-electron chi connectivity index (χ3n) is 3.99. The molecule has 0 heterocycles. The monoisotopic (exact) mass is 276 g/mol. The van der Waals surface area contributed by atoms with Crippen LogP contribution >= 0.6 is 0 Å². The molecule has 2 rings (SSSR count). The van der Waals surface area contributed by atoms with Crippen LogP contribution in [0.5, 0.6) is 0 Å². The SMILES string of the molecule is CNC(=O)Cc1ccccc1NC1CCCCC1OC. The lowest BCUT2D eigenvalue weighted by molar-refractivity contribution is -0.119. The Bertz CT molecular complexity index is 448. The highest BCUT2D eigenvalue weighted by molar-refractivity contribution is 5.80. The van der Waals surface area contributed by atoms with E-state index in [9.17, 15) is 4.79 Å². The van der Waals surface area contributed by atoms with E-state index < -0.39 is 0 Å². The summed E-state index contributed by atoms with van der Waals surface area (Å²) in [7, 11) is 3.45. The number of benzene rings is 1. The summed E-state index contributed by atoms with van der Waals surface area (Å²) >= 11 is 0. The van der Waals surface area contributed by atoms with E-state index in [2.05, 4.69) is 10.6 Å². The van der Waals surface area contributed by atoms with E-state index in [0.717, 1.165) is 24.1 Å². The molecule has 1 fully saturated rings. The number of hydrogen-bond donors (Lipinski definition) is 2. The van der Waals surface area contributed by atoms with Crippen molar-refractivity contribution in [2.24, 2.45) is 0 Å². The largest absolute Gasteiger partial charge is 0.379 e. The summed E-state index contributed by atoms with van der Waals surface area (Å²) in [6.45, 7) is 0. The molecule has 0 bridgehead atoms. The molecule has 4 heteroatoms. The van der Waals surface area contributed by atoms with E-state index >= 15 is 0 Å². The standard InChI is InChI=1S/C16H24N2O2/c1-17-16(19)11-12-7-3-4-8-13(12)18-14-9-5-6-10-15(14)20-2/h3-4,7-8,14-15,18H,5-6,9-11H2,1-2H3,(H,17,19). The number of likely N-dealkylation sites (N-methyl/N-ethyl adjacent to an activating group) is 1. The van der Waals surface area contributed by atoms with Crippen LogP contribution in [-0.2, 0) is 16.0 Å². The number of nitrogens with one attached hydrogen (secondary N) is 2. The van der Waals surface area contributed by atoms with Gasteiger partial charge in [-0.15, -0.1) is 0 Å². The number of carbonyl (C=O) groups is 1. The number of anilines is 1. The van der Waals surface area contributed by atoms with E-state index in [1.165, 1.54) is 12.8 Å². The third kappa shape index (κ3) is 3.73. The summed E-state index contributed by atoms with van der Waals surface area (Å²) in [5, 5.41) is 6.25. The topological polar surface area (TPSA) is 50.4 Å². The van der Waals surface area contributed by atoms with Gasteiger partial charge in [-0.3, -0.25) is 4.79 Å². The number of ether oxygens (including phenoxy) is 1. The molecule has 0 spiro atoms. The molecule has 2 unspecified atom stereocenters. The van der Waals surface area contributed by atoms with Gasteiger partial charge < -0.3 is 15.4 Å². The Kier molecular flexibility index (Phi) is 5.41. The second-order valence-corrected chi connectivity index (χ2v) is 5.32. The first kappa shape index (κ1) is 14.9. The molecule has 1 aliphatic rings. The average Bonchev–Trinajstić information content (AvgIpc) is 2.49. The summed E-state index contributed by atoms with van der Waals surface area (Å²) in [5.74, 6) is 0.0335. The summed E-state index contributed by atoms with van der Waals surface area (Å²) < 4.78 is 5.58. The molecule has 1 amide bonds. The van der Waals surface area contributed by atoms with Crippen molar-refractivity contribution >= 4 is 11.6 Å². The fourth-order valence-electron chi connectivity index (χ4n) is 2.82. The lowest BCUT2D eigenvalue weighted by Crippen LogP contribution is -2.38. The van der Waals surface area contributed by atoms with Crippen LogP contribution in [0.15, 0.2) is 24.3 Å². The van der Waals surface area contributed by atoms with Crippen molar-refractivity contribution in [1.82, 2.24) is 5.32 Å². The Morgan fingerprint density at radius 3 is 2.80 bits per heavy atom. The van der Waals surface area contributed by atoms with Crippen LogP contribution in [-0.4, -0.2) is 32.2 Å². The molecule has 1 aromatic carbocycles. The molecule has 1 saturated carbocycles. The van der Waals surface area contributed by atoms with Gasteiger partial charge in [0.1, 0.15) is 0 Å². The molecule has 4 nitrogen and oxygen atoms in total. The number of methoxy groups -OCH3 is 1. The second-order valence-electron chi connectivity index (χ2n) is 5.32. The fourth-order valence-corrected chi connectivity index (χ4v) is 2.82. The van der Waals surface area contributed by atoms with Crippen molar-refractivity contribution in [3.63, 3.8) is 0 Å². The van der Waals surface area contributed by atoms with Crippen LogP contribution in [0.2, 0.25) is 0 Å². The van der Waals surface area contributed by atoms with Crippen LogP contribution in [0.1, 0.15) is 31.2 Å². The number of carbonyl (C=O) groups excluding carboxylic acids is 1. The maximum absolute atomic E-state index is 11.6. The van der Waals surface area contributed by atoms with Gasteiger partial charge in [-0.1, -0.05) is 31.0 Å². The molecule has 2 N–H and O–H groups in total. The Labute approximate surface area is 120 Å². The molecular weight excluding hydrogens is 252 g/mol. The summed E-state index contributed by atoms with van der Waals surface area (Å²) in [4.78, 5) is 11.6. The maximum atomic E-state index is 11.6. The van der Waals surface area contributed by atoms with Gasteiger partial charge in [-0.2, -0.15) is 0 Å². The first-order chi connectivity index (χ1) is 9.74. The summed E-state index contributed by atoms with van der Waals surface area (Å²) in [5.41, 5.74) is 2.08. The van der Waals surface area contributed by atoms with Gasteiger partial charge >= 0.3 is 0 Å². The zero-order valence-electron chi connectivity index (χ0n) is 12.3. The third-order valence-corrected chi connectivity index (χ3v) is 3.99. The van der Waals surface area contributed by atoms with Gasteiger partial charge in [0.15, 0.2) is 0 Å². The minimum atomic E-state index is 0.0335. The minimum Gasteiger partial charge on any atom is -0.379 e. The fraction of sp³-hybridized carbons (Fsp3) is 0.562. The number of rotatable bonds is 5. The zero-order chi connectivity index (χ0) is 14.4. The minimum absolute atomic E-state index is 0.0335. The Morgan fingerprint density at radius 2 is 2.05 bits per heavy atom. The van der Waals surface area contributed by atoms with Gasteiger partial charge in [-0.25, -0.2) is 0 Å². The van der Waals surface area contributed by atoms with Crippen molar-refractivity contribution in [3.8, 4) is 0 Å². The molecule has 0 aliphatic heterocycles. The molecule has 2 atom stereocenters. The molecule has 0 saturated heterocycles. The van der Waals surface area contributed by atoms with Gasteiger partial charge in [0, 0.05) is 19.8 Å². The van der Waals surface area contributed by atoms with E-state index in [0.29, 0.717) is 12.5 Å².